The Labute approximate surface area is 120 Å². The van der Waals surface area contributed by atoms with E-state index in [0.29, 0.717) is 5.71 Å². The van der Waals surface area contributed by atoms with Crippen molar-refractivity contribution in [1.82, 2.24) is 0 Å². The van der Waals surface area contributed by atoms with Gasteiger partial charge in [0.1, 0.15) is 0 Å². The number of rotatable bonds is 4. The predicted octanol–water partition coefficient (Wildman–Crippen LogP) is 4.47. The van der Waals surface area contributed by atoms with Gasteiger partial charge in [0.05, 0.1) is 5.71 Å². The number of hydrogen-bond acceptors (Lipinski definition) is 2. The molecule has 20 heavy (non-hydrogen) atoms. The zero-order valence-electron chi connectivity index (χ0n) is 11.9. The van der Waals surface area contributed by atoms with E-state index in [1.165, 1.54) is 11.1 Å². The largest absolute Gasteiger partial charge is 0.411 e. The molecule has 102 valence electrons. The Morgan fingerprint density at radius 1 is 1.05 bits per heavy atom. The maximum Gasteiger partial charge on any atom is 0.0800 e. The van der Waals surface area contributed by atoms with E-state index in [9.17, 15) is 0 Å². The van der Waals surface area contributed by atoms with Crippen LogP contribution in [0, 0.1) is 6.92 Å². The van der Waals surface area contributed by atoms with E-state index in [2.05, 4.69) is 54.6 Å². The van der Waals surface area contributed by atoms with Crippen molar-refractivity contribution in [3.63, 3.8) is 0 Å². The fourth-order valence-electron chi connectivity index (χ4n) is 2.03. The van der Waals surface area contributed by atoms with Gasteiger partial charge >= 0.3 is 0 Å². The van der Waals surface area contributed by atoms with Crippen LogP contribution in [0.4, 0.5) is 0 Å². The normalized spacial score (nSPS) is 12.5. The molecule has 2 nitrogen and oxygen atoms in total. The van der Waals surface area contributed by atoms with Crippen molar-refractivity contribution >= 4 is 11.8 Å². The molecule has 0 amide bonds. The molecule has 0 aliphatic rings. The van der Waals surface area contributed by atoms with E-state index in [4.69, 9.17) is 5.21 Å². The Balaban J connectivity index is 2.30. The molecule has 0 heterocycles. The number of nitrogens with zero attached hydrogens (tertiary/aromatic N) is 1. The lowest BCUT2D eigenvalue weighted by Crippen LogP contribution is -2.01. The summed E-state index contributed by atoms with van der Waals surface area (Å²) >= 11 is 0. The SMILES string of the molecule is CC(=NO)C(=Cc1ccc(C)cc1)Cc1ccccc1. The third kappa shape index (κ3) is 3.82. The molecule has 2 heteroatoms. The number of allylic oxidation sites excluding steroid dienone is 1. The minimum atomic E-state index is 0.648. The van der Waals surface area contributed by atoms with Gasteiger partial charge < -0.3 is 5.21 Å². The minimum Gasteiger partial charge on any atom is -0.411 e. The van der Waals surface area contributed by atoms with Gasteiger partial charge in [0, 0.05) is 0 Å². The molecule has 0 saturated carbocycles. The molecule has 0 unspecified atom stereocenters. The van der Waals surface area contributed by atoms with Gasteiger partial charge in [-0.2, -0.15) is 0 Å². The molecule has 2 rings (SSSR count). The molecule has 2 aromatic carbocycles. The zero-order chi connectivity index (χ0) is 14.4. The second kappa shape index (κ2) is 6.71. The van der Waals surface area contributed by atoms with Crippen molar-refractivity contribution in [3.05, 3.63) is 76.9 Å². The molecule has 0 aliphatic heterocycles. The standard InChI is InChI=1S/C18H19NO/c1-14-8-10-17(11-9-14)13-18(15(2)19-20)12-16-6-4-3-5-7-16/h3-11,13,20H,12H2,1-2H3. The summed E-state index contributed by atoms with van der Waals surface area (Å²) in [6.45, 7) is 3.89. The number of hydrogen-bond donors (Lipinski definition) is 1. The molecule has 0 aliphatic carbocycles. The second-order valence-corrected chi connectivity index (χ2v) is 4.93. The van der Waals surface area contributed by atoms with Gasteiger partial charge in [0.25, 0.3) is 0 Å². The number of aryl methyl sites for hydroxylation is 1. The molecular weight excluding hydrogens is 246 g/mol. The summed E-state index contributed by atoms with van der Waals surface area (Å²) in [5.41, 5.74) is 5.22. The second-order valence-electron chi connectivity index (χ2n) is 4.93. The third-order valence-electron chi connectivity index (χ3n) is 3.27. The molecule has 0 saturated heterocycles. The Bertz CT molecular complexity index is 610. The summed E-state index contributed by atoms with van der Waals surface area (Å²) in [7, 11) is 0. The molecule has 2 aromatic rings. The highest BCUT2D eigenvalue weighted by molar-refractivity contribution is 6.02. The summed E-state index contributed by atoms with van der Waals surface area (Å²) < 4.78 is 0. The lowest BCUT2D eigenvalue weighted by Gasteiger charge is -2.07. The summed E-state index contributed by atoms with van der Waals surface area (Å²) in [5, 5.41) is 12.4. The highest BCUT2D eigenvalue weighted by atomic mass is 16.4. The van der Waals surface area contributed by atoms with Crippen LogP contribution in [-0.2, 0) is 6.42 Å². The van der Waals surface area contributed by atoms with Crippen LogP contribution in [0.5, 0.6) is 0 Å². The molecule has 0 fully saturated rings. The van der Waals surface area contributed by atoms with E-state index in [-0.39, 0.29) is 0 Å². The summed E-state index contributed by atoms with van der Waals surface area (Å²) in [5.74, 6) is 0. The first-order valence-corrected chi connectivity index (χ1v) is 6.69. The van der Waals surface area contributed by atoms with Gasteiger partial charge in [-0.25, -0.2) is 0 Å². The van der Waals surface area contributed by atoms with Crippen LogP contribution in [0.25, 0.3) is 6.08 Å². The molecule has 0 radical (unpaired) electrons. The molecule has 0 atom stereocenters. The first-order chi connectivity index (χ1) is 9.69. The smallest absolute Gasteiger partial charge is 0.0800 e. The van der Waals surface area contributed by atoms with Gasteiger partial charge in [-0.3, -0.25) is 0 Å². The topological polar surface area (TPSA) is 32.6 Å². The molecule has 0 aromatic heterocycles. The Kier molecular flexibility index (Phi) is 4.72. The van der Waals surface area contributed by atoms with Gasteiger partial charge in [-0.15, -0.1) is 0 Å². The van der Waals surface area contributed by atoms with Gasteiger partial charge in [0.2, 0.25) is 0 Å². The number of benzene rings is 2. The number of oxime groups is 1. The monoisotopic (exact) mass is 265 g/mol. The summed E-state index contributed by atoms with van der Waals surface area (Å²) in [6, 6.07) is 18.5. The Hall–Kier alpha value is -2.35. The fourth-order valence-corrected chi connectivity index (χ4v) is 2.03. The van der Waals surface area contributed by atoms with Crippen molar-refractivity contribution < 1.29 is 5.21 Å². The van der Waals surface area contributed by atoms with Crippen molar-refractivity contribution in [1.29, 1.82) is 0 Å². The van der Waals surface area contributed by atoms with Crippen LogP contribution in [0.2, 0.25) is 0 Å². The van der Waals surface area contributed by atoms with Gasteiger partial charge in [-0.1, -0.05) is 65.3 Å². The predicted molar refractivity (Wildman–Crippen MR) is 84.2 cm³/mol. The Morgan fingerprint density at radius 2 is 1.70 bits per heavy atom. The van der Waals surface area contributed by atoms with Crippen molar-refractivity contribution in [3.8, 4) is 0 Å². The summed E-state index contributed by atoms with van der Waals surface area (Å²) in [4.78, 5) is 0. The quantitative estimate of drug-likeness (QED) is 0.493. The highest BCUT2D eigenvalue weighted by Gasteiger charge is 2.04. The average molecular weight is 265 g/mol. The maximum absolute atomic E-state index is 9.05. The van der Waals surface area contributed by atoms with Crippen molar-refractivity contribution in [2.24, 2.45) is 5.16 Å². The average Bonchev–Trinajstić information content (AvgIpc) is 2.49. The van der Waals surface area contributed by atoms with Gasteiger partial charge in [-0.05, 0) is 43.0 Å². The van der Waals surface area contributed by atoms with Gasteiger partial charge in [0.15, 0.2) is 0 Å². The van der Waals surface area contributed by atoms with E-state index < -0.39 is 0 Å². The van der Waals surface area contributed by atoms with Crippen LogP contribution < -0.4 is 0 Å². The van der Waals surface area contributed by atoms with Crippen LogP contribution in [0.15, 0.2) is 65.3 Å². The molecule has 0 bridgehead atoms. The van der Waals surface area contributed by atoms with Crippen LogP contribution in [-0.4, -0.2) is 10.9 Å². The van der Waals surface area contributed by atoms with Crippen molar-refractivity contribution in [2.45, 2.75) is 20.3 Å². The minimum absolute atomic E-state index is 0.648. The lowest BCUT2D eigenvalue weighted by molar-refractivity contribution is 0.319. The first kappa shape index (κ1) is 14.1. The maximum atomic E-state index is 9.05. The van der Waals surface area contributed by atoms with E-state index in [0.717, 1.165) is 17.6 Å². The van der Waals surface area contributed by atoms with E-state index in [1.807, 2.05) is 25.1 Å². The Morgan fingerprint density at radius 3 is 2.30 bits per heavy atom. The highest BCUT2D eigenvalue weighted by Crippen LogP contribution is 2.15. The molecular formula is C18H19NO. The van der Waals surface area contributed by atoms with Crippen LogP contribution >= 0.6 is 0 Å². The summed E-state index contributed by atoms with van der Waals surface area (Å²) in [6.07, 6.45) is 2.83. The molecule has 0 spiro atoms. The van der Waals surface area contributed by atoms with Crippen LogP contribution in [0.3, 0.4) is 0 Å². The fraction of sp³-hybridized carbons (Fsp3) is 0.167. The van der Waals surface area contributed by atoms with Crippen molar-refractivity contribution in [2.75, 3.05) is 0 Å². The third-order valence-corrected chi connectivity index (χ3v) is 3.27. The lowest BCUT2D eigenvalue weighted by atomic mass is 9.99. The molecule has 1 N–H and O–H groups in total. The van der Waals surface area contributed by atoms with E-state index in [1.54, 1.807) is 0 Å². The van der Waals surface area contributed by atoms with E-state index >= 15 is 0 Å². The first-order valence-electron chi connectivity index (χ1n) is 6.69. The zero-order valence-corrected chi connectivity index (χ0v) is 11.9. The van der Waals surface area contributed by atoms with Crippen LogP contribution in [0.1, 0.15) is 23.6 Å².